The van der Waals surface area contributed by atoms with Crippen LogP contribution in [0.3, 0.4) is 0 Å². The smallest absolute Gasteiger partial charge is 0.142 e. The van der Waals surface area contributed by atoms with Crippen molar-refractivity contribution in [3.8, 4) is 5.75 Å². The molecule has 0 bridgehead atoms. The van der Waals surface area contributed by atoms with Crippen molar-refractivity contribution >= 4 is 5.69 Å². The number of hydrogen-bond acceptors (Lipinski definition) is 3. The predicted molar refractivity (Wildman–Crippen MR) is 58.1 cm³/mol. The Kier molecular flexibility index (Phi) is 2.06. The Labute approximate surface area is 89.4 Å². The third kappa shape index (κ3) is 1.47. The Hall–Kier alpha value is -1.22. The fraction of sp³-hybridized carbons (Fsp3) is 0.500. The minimum Gasteiger partial charge on any atom is -0.489 e. The molecule has 0 fully saturated rings. The van der Waals surface area contributed by atoms with E-state index >= 15 is 0 Å². The van der Waals surface area contributed by atoms with Crippen molar-refractivity contribution in [1.82, 2.24) is 0 Å². The van der Waals surface area contributed by atoms with Gasteiger partial charge in [0.15, 0.2) is 0 Å². The van der Waals surface area contributed by atoms with Crippen LogP contribution < -0.4 is 10.1 Å². The highest BCUT2D eigenvalue weighted by molar-refractivity contribution is 5.62. The van der Waals surface area contributed by atoms with E-state index in [9.17, 15) is 0 Å². The van der Waals surface area contributed by atoms with E-state index in [2.05, 4.69) is 24.4 Å². The molecule has 1 aromatic carbocycles. The Morgan fingerprint density at radius 2 is 2.13 bits per heavy atom. The van der Waals surface area contributed by atoms with Crippen LogP contribution in [0, 0.1) is 0 Å². The normalized spacial score (nSPS) is 22.6. The molecule has 2 aliphatic rings. The number of fused-ring (bicyclic) bond motifs is 2. The lowest BCUT2D eigenvalue weighted by atomic mass is 10.1. The molecule has 0 radical (unpaired) electrons. The summed E-state index contributed by atoms with van der Waals surface area (Å²) in [4.78, 5) is 0. The van der Waals surface area contributed by atoms with Gasteiger partial charge in [0.05, 0.1) is 24.9 Å². The molecule has 15 heavy (non-hydrogen) atoms. The van der Waals surface area contributed by atoms with Gasteiger partial charge in [-0.1, -0.05) is 6.92 Å². The fourth-order valence-corrected chi connectivity index (χ4v) is 2.11. The molecule has 80 valence electrons. The molecule has 3 heteroatoms. The molecule has 1 N–H and O–H groups in total. The highest BCUT2D eigenvalue weighted by atomic mass is 16.5. The van der Waals surface area contributed by atoms with Crippen LogP contribution in [0.15, 0.2) is 12.1 Å². The molecule has 3 rings (SSSR count). The zero-order valence-electron chi connectivity index (χ0n) is 8.88. The second-order valence-electron chi connectivity index (χ2n) is 4.17. The first-order valence-electron chi connectivity index (χ1n) is 5.49. The van der Waals surface area contributed by atoms with Gasteiger partial charge < -0.3 is 14.8 Å². The molecule has 2 heterocycles. The van der Waals surface area contributed by atoms with Gasteiger partial charge in [0, 0.05) is 0 Å². The number of anilines is 1. The van der Waals surface area contributed by atoms with Crippen LogP contribution in [-0.4, -0.2) is 12.6 Å². The standard InChI is InChI=1S/C12H15NO2/c1-2-10-7-15-12-4-9-6-14-5-8(9)3-11(12)13-10/h3-4,10,13H,2,5-7H2,1H3. The molecule has 0 aromatic heterocycles. The van der Waals surface area contributed by atoms with Crippen molar-refractivity contribution in [2.75, 3.05) is 11.9 Å². The summed E-state index contributed by atoms with van der Waals surface area (Å²) in [6.45, 7) is 4.40. The predicted octanol–water partition coefficient (Wildman–Crippen LogP) is 2.30. The SMILES string of the molecule is CCC1COc2cc3c(cc2N1)COC3. The molecule has 1 unspecified atom stereocenters. The molecule has 2 aliphatic heterocycles. The first kappa shape index (κ1) is 9.04. The van der Waals surface area contributed by atoms with Gasteiger partial charge in [-0.25, -0.2) is 0 Å². The summed E-state index contributed by atoms with van der Waals surface area (Å²) in [5.41, 5.74) is 3.68. The van der Waals surface area contributed by atoms with E-state index in [1.807, 2.05) is 0 Å². The van der Waals surface area contributed by atoms with Gasteiger partial charge in [-0.3, -0.25) is 0 Å². The van der Waals surface area contributed by atoms with Crippen LogP contribution in [0.25, 0.3) is 0 Å². The second-order valence-corrected chi connectivity index (χ2v) is 4.17. The molecule has 1 atom stereocenters. The van der Waals surface area contributed by atoms with Gasteiger partial charge in [-0.05, 0) is 29.7 Å². The van der Waals surface area contributed by atoms with E-state index in [0.717, 1.165) is 37.7 Å². The molecular weight excluding hydrogens is 190 g/mol. The van der Waals surface area contributed by atoms with Crippen molar-refractivity contribution in [3.05, 3.63) is 23.3 Å². The van der Waals surface area contributed by atoms with Crippen molar-refractivity contribution in [1.29, 1.82) is 0 Å². The van der Waals surface area contributed by atoms with E-state index in [4.69, 9.17) is 9.47 Å². The molecular formula is C12H15NO2. The van der Waals surface area contributed by atoms with Crippen LogP contribution in [0.5, 0.6) is 5.75 Å². The topological polar surface area (TPSA) is 30.5 Å². The van der Waals surface area contributed by atoms with Gasteiger partial charge in [0.1, 0.15) is 12.4 Å². The number of benzene rings is 1. The molecule has 0 amide bonds. The van der Waals surface area contributed by atoms with Gasteiger partial charge in [0.2, 0.25) is 0 Å². The van der Waals surface area contributed by atoms with Crippen molar-refractivity contribution in [2.45, 2.75) is 32.6 Å². The van der Waals surface area contributed by atoms with Gasteiger partial charge in [-0.15, -0.1) is 0 Å². The number of hydrogen-bond donors (Lipinski definition) is 1. The molecule has 1 aromatic rings. The molecule has 0 saturated carbocycles. The maximum Gasteiger partial charge on any atom is 0.142 e. The molecule has 0 aliphatic carbocycles. The summed E-state index contributed by atoms with van der Waals surface area (Å²) in [7, 11) is 0. The van der Waals surface area contributed by atoms with Gasteiger partial charge >= 0.3 is 0 Å². The number of ether oxygens (including phenoxy) is 2. The Morgan fingerprint density at radius 3 is 2.93 bits per heavy atom. The van der Waals surface area contributed by atoms with Gasteiger partial charge in [-0.2, -0.15) is 0 Å². The Balaban J connectivity index is 1.97. The Bertz CT molecular complexity index is 389. The van der Waals surface area contributed by atoms with Crippen LogP contribution in [0.1, 0.15) is 24.5 Å². The lowest BCUT2D eigenvalue weighted by Gasteiger charge is -2.27. The first-order chi connectivity index (χ1) is 7.36. The van der Waals surface area contributed by atoms with Gasteiger partial charge in [0.25, 0.3) is 0 Å². The first-order valence-corrected chi connectivity index (χ1v) is 5.49. The average molecular weight is 205 g/mol. The minimum atomic E-state index is 0.442. The molecule has 0 spiro atoms. The zero-order chi connectivity index (χ0) is 10.3. The van der Waals surface area contributed by atoms with Crippen molar-refractivity contribution in [2.24, 2.45) is 0 Å². The Morgan fingerprint density at radius 1 is 1.33 bits per heavy atom. The fourth-order valence-electron chi connectivity index (χ4n) is 2.11. The zero-order valence-corrected chi connectivity index (χ0v) is 8.88. The van der Waals surface area contributed by atoms with E-state index in [0.29, 0.717) is 6.04 Å². The summed E-state index contributed by atoms with van der Waals surface area (Å²) < 4.78 is 11.1. The summed E-state index contributed by atoms with van der Waals surface area (Å²) in [6, 6.07) is 4.72. The largest absolute Gasteiger partial charge is 0.489 e. The van der Waals surface area contributed by atoms with E-state index in [1.165, 1.54) is 11.1 Å². The summed E-state index contributed by atoms with van der Waals surface area (Å²) in [6.07, 6.45) is 1.09. The van der Waals surface area contributed by atoms with Crippen molar-refractivity contribution < 1.29 is 9.47 Å². The van der Waals surface area contributed by atoms with Crippen molar-refractivity contribution in [3.63, 3.8) is 0 Å². The number of nitrogens with one attached hydrogen (secondary N) is 1. The summed E-state index contributed by atoms with van der Waals surface area (Å²) >= 11 is 0. The van der Waals surface area contributed by atoms with Crippen LogP contribution in [0.2, 0.25) is 0 Å². The average Bonchev–Trinajstić information content (AvgIpc) is 2.72. The highest BCUT2D eigenvalue weighted by Crippen LogP contribution is 2.35. The van der Waals surface area contributed by atoms with E-state index in [-0.39, 0.29) is 0 Å². The lowest BCUT2D eigenvalue weighted by molar-refractivity contribution is 0.134. The highest BCUT2D eigenvalue weighted by Gasteiger charge is 2.21. The number of rotatable bonds is 1. The van der Waals surface area contributed by atoms with Crippen LogP contribution in [-0.2, 0) is 18.0 Å². The minimum absolute atomic E-state index is 0.442. The third-order valence-corrected chi connectivity index (χ3v) is 3.11. The monoisotopic (exact) mass is 205 g/mol. The molecule has 0 saturated heterocycles. The quantitative estimate of drug-likeness (QED) is 0.763. The summed E-state index contributed by atoms with van der Waals surface area (Å²) in [5, 5.41) is 3.50. The van der Waals surface area contributed by atoms with E-state index in [1.54, 1.807) is 0 Å². The maximum absolute atomic E-state index is 5.73. The summed E-state index contributed by atoms with van der Waals surface area (Å²) in [5.74, 6) is 0.976. The second kappa shape index (κ2) is 3.42. The molecule has 3 nitrogen and oxygen atoms in total. The third-order valence-electron chi connectivity index (χ3n) is 3.11. The van der Waals surface area contributed by atoms with Crippen LogP contribution >= 0.6 is 0 Å². The lowest BCUT2D eigenvalue weighted by Crippen LogP contribution is -2.30. The van der Waals surface area contributed by atoms with Crippen LogP contribution in [0.4, 0.5) is 5.69 Å². The maximum atomic E-state index is 5.73. The van der Waals surface area contributed by atoms with E-state index < -0.39 is 0 Å².